The average Bonchev–Trinajstić information content (AvgIpc) is 2.73. The minimum absolute atomic E-state index is 0.0653. The Kier molecular flexibility index (Phi) is 6.98. The maximum absolute atomic E-state index is 13.8. The van der Waals surface area contributed by atoms with Crippen molar-refractivity contribution in [2.24, 2.45) is 0 Å². The number of aromatic nitrogens is 1. The predicted molar refractivity (Wildman–Crippen MR) is 105 cm³/mol. The Morgan fingerprint density at radius 2 is 2.00 bits per heavy atom. The Balaban J connectivity index is 1.75. The second kappa shape index (κ2) is 9.64. The highest BCUT2D eigenvalue weighted by Gasteiger charge is 2.41. The summed E-state index contributed by atoms with van der Waals surface area (Å²) in [5.41, 5.74) is 0.879. The van der Waals surface area contributed by atoms with Crippen LogP contribution in [0.2, 0.25) is 0 Å². The van der Waals surface area contributed by atoms with Gasteiger partial charge in [-0.05, 0) is 36.6 Å². The van der Waals surface area contributed by atoms with Crippen molar-refractivity contribution >= 4 is 5.91 Å². The lowest BCUT2D eigenvalue weighted by Crippen LogP contribution is -2.45. The van der Waals surface area contributed by atoms with Crippen molar-refractivity contribution in [1.29, 1.82) is 0 Å². The number of nitrogens with one attached hydrogen (secondary N) is 1. The molecule has 1 aliphatic carbocycles. The van der Waals surface area contributed by atoms with Crippen LogP contribution < -0.4 is 10.1 Å². The van der Waals surface area contributed by atoms with Gasteiger partial charge in [-0.3, -0.25) is 4.79 Å². The second-order valence-electron chi connectivity index (χ2n) is 7.14. The number of hydrogen-bond acceptors (Lipinski definition) is 4. The molecule has 1 amide bonds. The first-order valence-corrected chi connectivity index (χ1v) is 9.76. The van der Waals surface area contributed by atoms with Crippen molar-refractivity contribution in [3.63, 3.8) is 0 Å². The van der Waals surface area contributed by atoms with Crippen molar-refractivity contribution in [3.8, 4) is 5.88 Å². The summed E-state index contributed by atoms with van der Waals surface area (Å²) in [5, 5.41) is 3.05. The molecule has 1 fully saturated rings. The van der Waals surface area contributed by atoms with Gasteiger partial charge in [0.1, 0.15) is 12.4 Å². The van der Waals surface area contributed by atoms with Gasteiger partial charge in [0, 0.05) is 25.4 Å². The van der Waals surface area contributed by atoms with Crippen LogP contribution >= 0.6 is 0 Å². The number of ether oxygens (including phenoxy) is 2. The number of methoxy groups -OCH3 is 1. The Morgan fingerprint density at radius 3 is 2.75 bits per heavy atom. The molecule has 1 aliphatic rings. The standard InChI is InChI=1S/C22H27FN2O3/c1-27-13-14-28-20-17(7-6-12-24-20)16-25-21(26)22(10-3-2-4-11-22)18-8-5-9-19(23)15-18/h5-9,12,15H,2-4,10-11,13-14,16H2,1H3,(H,25,26). The van der Waals surface area contributed by atoms with E-state index >= 15 is 0 Å². The van der Waals surface area contributed by atoms with E-state index in [1.165, 1.54) is 12.1 Å². The molecule has 150 valence electrons. The highest BCUT2D eigenvalue weighted by atomic mass is 19.1. The van der Waals surface area contributed by atoms with E-state index in [1.807, 2.05) is 18.2 Å². The quantitative estimate of drug-likeness (QED) is 0.702. The molecule has 0 unspecified atom stereocenters. The maximum atomic E-state index is 13.8. The zero-order valence-corrected chi connectivity index (χ0v) is 16.2. The van der Waals surface area contributed by atoms with Crippen LogP contribution in [0.5, 0.6) is 5.88 Å². The molecule has 6 heteroatoms. The van der Waals surface area contributed by atoms with Gasteiger partial charge in [-0.15, -0.1) is 0 Å². The SMILES string of the molecule is COCCOc1ncccc1CNC(=O)C1(c2cccc(F)c2)CCCCC1. The molecule has 1 N–H and O–H groups in total. The third-order valence-electron chi connectivity index (χ3n) is 5.33. The number of pyridine rings is 1. The summed E-state index contributed by atoms with van der Waals surface area (Å²) in [5.74, 6) is 0.115. The van der Waals surface area contributed by atoms with Crippen LogP contribution in [0.1, 0.15) is 43.2 Å². The van der Waals surface area contributed by atoms with Crippen molar-refractivity contribution in [2.45, 2.75) is 44.1 Å². The van der Waals surface area contributed by atoms with E-state index in [0.29, 0.717) is 25.6 Å². The monoisotopic (exact) mass is 386 g/mol. The summed E-state index contributed by atoms with van der Waals surface area (Å²) in [7, 11) is 1.61. The molecular weight excluding hydrogens is 359 g/mol. The first-order chi connectivity index (χ1) is 13.7. The lowest BCUT2D eigenvalue weighted by molar-refractivity contribution is -0.128. The molecule has 0 radical (unpaired) electrons. The lowest BCUT2D eigenvalue weighted by Gasteiger charge is -2.36. The van der Waals surface area contributed by atoms with Gasteiger partial charge in [0.2, 0.25) is 11.8 Å². The molecule has 0 aliphatic heterocycles. The highest BCUT2D eigenvalue weighted by molar-refractivity contribution is 5.88. The van der Waals surface area contributed by atoms with Gasteiger partial charge in [0.05, 0.1) is 12.0 Å². The second-order valence-corrected chi connectivity index (χ2v) is 7.14. The molecule has 0 spiro atoms. The number of nitrogens with zero attached hydrogens (tertiary/aromatic N) is 1. The van der Waals surface area contributed by atoms with Gasteiger partial charge in [0.25, 0.3) is 0 Å². The topological polar surface area (TPSA) is 60.5 Å². The largest absolute Gasteiger partial charge is 0.475 e. The van der Waals surface area contributed by atoms with E-state index in [9.17, 15) is 9.18 Å². The molecule has 5 nitrogen and oxygen atoms in total. The maximum Gasteiger partial charge on any atom is 0.230 e. The van der Waals surface area contributed by atoms with Gasteiger partial charge in [-0.25, -0.2) is 9.37 Å². The molecular formula is C22H27FN2O3. The number of carbonyl (C=O) groups excluding carboxylic acids is 1. The molecule has 1 aromatic heterocycles. The van der Waals surface area contributed by atoms with Crippen LogP contribution in [-0.4, -0.2) is 31.2 Å². The van der Waals surface area contributed by atoms with Crippen LogP contribution in [0.4, 0.5) is 4.39 Å². The lowest BCUT2D eigenvalue weighted by atomic mass is 9.68. The van der Waals surface area contributed by atoms with E-state index in [1.54, 1.807) is 19.4 Å². The number of amides is 1. The highest BCUT2D eigenvalue weighted by Crippen LogP contribution is 2.40. The summed E-state index contributed by atoms with van der Waals surface area (Å²) in [6, 6.07) is 10.1. The normalized spacial score (nSPS) is 15.8. The molecule has 0 bridgehead atoms. The molecule has 0 saturated heterocycles. The van der Waals surface area contributed by atoms with Crippen molar-refractivity contribution in [1.82, 2.24) is 10.3 Å². The molecule has 1 aromatic carbocycles. The van der Waals surface area contributed by atoms with Gasteiger partial charge in [-0.1, -0.05) is 37.5 Å². The number of hydrogen-bond donors (Lipinski definition) is 1. The number of rotatable bonds is 8. The molecule has 0 atom stereocenters. The summed E-state index contributed by atoms with van der Waals surface area (Å²) in [6.07, 6.45) is 6.14. The zero-order chi connectivity index (χ0) is 19.8. The van der Waals surface area contributed by atoms with E-state index < -0.39 is 5.41 Å². The van der Waals surface area contributed by atoms with Crippen LogP contribution in [-0.2, 0) is 21.5 Å². The summed E-state index contributed by atoms with van der Waals surface area (Å²) < 4.78 is 24.5. The Hall–Kier alpha value is -2.47. The molecule has 3 rings (SSSR count). The average molecular weight is 386 g/mol. The summed E-state index contributed by atoms with van der Waals surface area (Å²) in [6.45, 7) is 1.17. The van der Waals surface area contributed by atoms with Gasteiger partial charge in [-0.2, -0.15) is 0 Å². The van der Waals surface area contributed by atoms with E-state index in [2.05, 4.69) is 10.3 Å². The van der Waals surface area contributed by atoms with Crippen LogP contribution in [0.3, 0.4) is 0 Å². The van der Waals surface area contributed by atoms with E-state index in [-0.39, 0.29) is 11.7 Å². The van der Waals surface area contributed by atoms with Crippen LogP contribution in [0.25, 0.3) is 0 Å². The van der Waals surface area contributed by atoms with Gasteiger partial charge in [0.15, 0.2) is 0 Å². The molecule has 1 heterocycles. The first kappa shape index (κ1) is 20.3. The van der Waals surface area contributed by atoms with E-state index in [0.717, 1.165) is 43.2 Å². The van der Waals surface area contributed by atoms with Crippen molar-refractivity contribution in [3.05, 3.63) is 59.5 Å². The summed E-state index contributed by atoms with van der Waals surface area (Å²) >= 11 is 0. The molecule has 2 aromatic rings. The number of benzene rings is 1. The Morgan fingerprint density at radius 1 is 1.18 bits per heavy atom. The van der Waals surface area contributed by atoms with Crippen LogP contribution in [0.15, 0.2) is 42.6 Å². The van der Waals surface area contributed by atoms with Crippen LogP contribution in [0, 0.1) is 5.82 Å². The first-order valence-electron chi connectivity index (χ1n) is 9.76. The van der Waals surface area contributed by atoms with E-state index in [4.69, 9.17) is 9.47 Å². The number of halogens is 1. The van der Waals surface area contributed by atoms with Crippen molar-refractivity contribution in [2.75, 3.05) is 20.3 Å². The zero-order valence-electron chi connectivity index (χ0n) is 16.2. The Labute approximate surface area is 165 Å². The number of carbonyl (C=O) groups is 1. The molecule has 1 saturated carbocycles. The molecule has 28 heavy (non-hydrogen) atoms. The fourth-order valence-corrected chi connectivity index (χ4v) is 3.84. The Bertz CT molecular complexity index is 791. The minimum atomic E-state index is -0.681. The van der Waals surface area contributed by atoms with Gasteiger partial charge >= 0.3 is 0 Å². The smallest absolute Gasteiger partial charge is 0.230 e. The summed E-state index contributed by atoms with van der Waals surface area (Å²) in [4.78, 5) is 17.5. The predicted octanol–water partition coefficient (Wildman–Crippen LogP) is 3.76. The third-order valence-corrected chi connectivity index (χ3v) is 5.33. The fraction of sp³-hybridized carbons (Fsp3) is 0.455. The third kappa shape index (κ3) is 4.68. The minimum Gasteiger partial charge on any atom is -0.475 e. The van der Waals surface area contributed by atoms with Crippen molar-refractivity contribution < 1.29 is 18.7 Å². The fourth-order valence-electron chi connectivity index (χ4n) is 3.84. The van der Waals surface area contributed by atoms with Gasteiger partial charge < -0.3 is 14.8 Å².